The average molecular weight is 388 g/mol. The molecule has 0 radical (unpaired) electrons. The number of carbonyl (C=O) groups is 3. The highest BCUT2D eigenvalue weighted by atomic mass is 16.6. The molecule has 1 aliphatic heterocycles. The fourth-order valence-corrected chi connectivity index (χ4v) is 3.04. The maximum Gasteiger partial charge on any atom is 0.411 e. The predicted octanol–water partition coefficient (Wildman–Crippen LogP) is 1.85. The van der Waals surface area contributed by atoms with Crippen molar-refractivity contribution in [3.8, 4) is 0 Å². The standard InChI is InChI=1S/C19H24N4O5/c1-19(2,3)28-18(26)22-9-10-23(17(25)13(22)11-16(24)27-4)15-12-21-8-6-5-7-14(21)20-15/h5-8,12-13H,9-11H2,1-4H3. The van der Waals surface area contributed by atoms with Crippen molar-refractivity contribution >= 4 is 29.4 Å². The summed E-state index contributed by atoms with van der Waals surface area (Å²) in [5.41, 5.74) is -0.0151. The highest BCUT2D eigenvalue weighted by Gasteiger charge is 2.41. The van der Waals surface area contributed by atoms with Crippen LogP contribution in [0.4, 0.5) is 10.6 Å². The number of anilines is 1. The first-order valence-corrected chi connectivity index (χ1v) is 9.01. The second kappa shape index (κ2) is 7.49. The van der Waals surface area contributed by atoms with Crippen molar-refractivity contribution in [2.75, 3.05) is 25.1 Å². The minimum Gasteiger partial charge on any atom is -0.469 e. The van der Waals surface area contributed by atoms with Gasteiger partial charge in [0.25, 0.3) is 5.91 Å². The highest BCUT2D eigenvalue weighted by Crippen LogP contribution is 2.24. The Morgan fingerprint density at radius 1 is 1.25 bits per heavy atom. The van der Waals surface area contributed by atoms with E-state index in [4.69, 9.17) is 9.47 Å². The minimum atomic E-state index is -1.01. The molecule has 28 heavy (non-hydrogen) atoms. The van der Waals surface area contributed by atoms with Crippen LogP contribution in [0.5, 0.6) is 0 Å². The molecule has 0 saturated carbocycles. The quantitative estimate of drug-likeness (QED) is 0.745. The van der Waals surface area contributed by atoms with Gasteiger partial charge in [-0.3, -0.25) is 19.4 Å². The lowest BCUT2D eigenvalue weighted by Gasteiger charge is -2.39. The Morgan fingerprint density at radius 2 is 2.00 bits per heavy atom. The van der Waals surface area contributed by atoms with E-state index in [2.05, 4.69) is 4.98 Å². The zero-order valence-electron chi connectivity index (χ0n) is 16.4. The molecule has 1 aliphatic rings. The van der Waals surface area contributed by atoms with E-state index in [9.17, 15) is 14.4 Å². The van der Waals surface area contributed by atoms with Gasteiger partial charge in [0.15, 0.2) is 5.82 Å². The van der Waals surface area contributed by atoms with Crippen molar-refractivity contribution in [2.24, 2.45) is 0 Å². The SMILES string of the molecule is COC(=O)CC1C(=O)N(c2cn3ccccc3n2)CCN1C(=O)OC(C)(C)C. The van der Waals surface area contributed by atoms with Crippen molar-refractivity contribution in [2.45, 2.75) is 38.8 Å². The lowest BCUT2D eigenvalue weighted by Crippen LogP contribution is -2.60. The van der Waals surface area contributed by atoms with Crippen LogP contribution in [0.1, 0.15) is 27.2 Å². The largest absolute Gasteiger partial charge is 0.469 e. The summed E-state index contributed by atoms with van der Waals surface area (Å²) in [7, 11) is 1.24. The molecular formula is C19H24N4O5. The van der Waals surface area contributed by atoms with Gasteiger partial charge in [-0.25, -0.2) is 9.78 Å². The summed E-state index contributed by atoms with van der Waals surface area (Å²) in [6, 6.07) is 4.53. The zero-order chi connectivity index (χ0) is 20.5. The van der Waals surface area contributed by atoms with E-state index in [1.165, 1.54) is 16.9 Å². The summed E-state index contributed by atoms with van der Waals surface area (Å²) in [6.45, 7) is 5.70. The molecule has 0 aliphatic carbocycles. The molecule has 1 atom stereocenters. The summed E-state index contributed by atoms with van der Waals surface area (Å²) in [6.07, 6.45) is 2.69. The molecule has 1 fully saturated rings. The monoisotopic (exact) mass is 388 g/mol. The number of methoxy groups -OCH3 is 1. The second-order valence-electron chi connectivity index (χ2n) is 7.52. The third kappa shape index (κ3) is 4.08. The van der Waals surface area contributed by atoms with Gasteiger partial charge in [-0.15, -0.1) is 0 Å². The van der Waals surface area contributed by atoms with E-state index in [1.54, 1.807) is 31.4 Å². The van der Waals surface area contributed by atoms with E-state index in [-0.39, 0.29) is 19.5 Å². The van der Waals surface area contributed by atoms with Gasteiger partial charge < -0.3 is 13.9 Å². The number of aromatic nitrogens is 2. The Balaban J connectivity index is 1.88. The topological polar surface area (TPSA) is 93.5 Å². The summed E-state index contributed by atoms with van der Waals surface area (Å²) in [5, 5.41) is 0. The molecule has 0 N–H and O–H groups in total. The molecule has 9 heteroatoms. The van der Waals surface area contributed by atoms with Gasteiger partial charge in [-0.05, 0) is 32.9 Å². The van der Waals surface area contributed by atoms with Gasteiger partial charge in [0.2, 0.25) is 0 Å². The van der Waals surface area contributed by atoms with Crippen molar-refractivity contribution in [3.63, 3.8) is 0 Å². The second-order valence-corrected chi connectivity index (χ2v) is 7.52. The Hall–Kier alpha value is -3.10. The molecule has 1 unspecified atom stereocenters. The molecule has 0 bridgehead atoms. The normalized spacial score (nSPS) is 17.7. The smallest absolute Gasteiger partial charge is 0.411 e. The first-order chi connectivity index (χ1) is 13.2. The molecule has 0 spiro atoms. The number of amides is 2. The van der Waals surface area contributed by atoms with Gasteiger partial charge in [-0.2, -0.15) is 0 Å². The average Bonchev–Trinajstić information content (AvgIpc) is 3.05. The van der Waals surface area contributed by atoms with Gasteiger partial charge in [0, 0.05) is 19.3 Å². The van der Waals surface area contributed by atoms with Gasteiger partial charge in [0.05, 0.1) is 19.7 Å². The van der Waals surface area contributed by atoms with Crippen LogP contribution in [0.2, 0.25) is 0 Å². The van der Waals surface area contributed by atoms with Gasteiger partial charge >= 0.3 is 12.1 Å². The number of pyridine rings is 1. The molecule has 9 nitrogen and oxygen atoms in total. The first-order valence-electron chi connectivity index (χ1n) is 9.01. The molecule has 2 amide bonds. The van der Waals surface area contributed by atoms with E-state index in [1.807, 2.05) is 24.4 Å². The van der Waals surface area contributed by atoms with Crippen LogP contribution in [-0.4, -0.2) is 64.1 Å². The molecule has 3 rings (SSSR count). The van der Waals surface area contributed by atoms with Crippen LogP contribution in [-0.2, 0) is 19.1 Å². The number of esters is 1. The lowest BCUT2D eigenvalue weighted by molar-refractivity contribution is -0.144. The van der Waals surface area contributed by atoms with Crippen molar-refractivity contribution < 1.29 is 23.9 Å². The number of nitrogens with zero attached hydrogens (tertiary/aromatic N) is 4. The van der Waals surface area contributed by atoms with Crippen molar-refractivity contribution in [3.05, 3.63) is 30.6 Å². The molecular weight excluding hydrogens is 364 g/mol. The lowest BCUT2D eigenvalue weighted by atomic mass is 10.1. The highest BCUT2D eigenvalue weighted by molar-refractivity contribution is 6.01. The Labute approximate surface area is 162 Å². The fraction of sp³-hybridized carbons (Fsp3) is 0.474. The maximum atomic E-state index is 13.2. The van der Waals surface area contributed by atoms with Crippen LogP contribution in [0.15, 0.2) is 30.6 Å². The summed E-state index contributed by atoms with van der Waals surface area (Å²) >= 11 is 0. The molecule has 2 aromatic rings. The summed E-state index contributed by atoms with van der Waals surface area (Å²) < 4.78 is 11.9. The number of carbonyl (C=O) groups excluding carboxylic acids is 3. The fourth-order valence-electron chi connectivity index (χ4n) is 3.04. The van der Waals surface area contributed by atoms with Crippen molar-refractivity contribution in [1.29, 1.82) is 0 Å². The molecule has 150 valence electrons. The van der Waals surface area contributed by atoms with E-state index in [0.29, 0.717) is 11.5 Å². The van der Waals surface area contributed by atoms with Gasteiger partial charge in [-0.1, -0.05) is 6.07 Å². The Kier molecular flexibility index (Phi) is 5.26. The van der Waals surface area contributed by atoms with Crippen LogP contribution in [0.3, 0.4) is 0 Å². The van der Waals surface area contributed by atoms with Crippen LogP contribution in [0.25, 0.3) is 5.65 Å². The predicted molar refractivity (Wildman–Crippen MR) is 101 cm³/mol. The number of piperazine rings is 1. The van der Waals surface area contributed by atoms with Gasteiger partial charge in [0.1, 0.15) is 17.3 Å². The number of hydrogen-bond acceptors (Lipinski definition) is 6. The molecule has 1 saturated heterocycles. The summed E-state index contributed by atoms with van der Waals surface area (Å²) in [5.74, 6) is -0.510. The Bertz CT molecular complexity index is 868. The van der Waals surface area contributed by atoms with Crippen LogP contribution < -0.4 is 4.90 Å². The maximum absolute atomic E-state index is 13.2. The number of hydrogen-bond donors (Lipinski definition) is 0. The summed E-state index contributed by atoms with van der Waals surface area (Å²) in [4.78, 5) is 44.9. The van der Waals surface area contributed by atoms with Crippen LogP contribution >= 0.6 is 0 Å². The number of fused-ring (bicyclic) bond motifs is 1. The van der Waals surface area contributed by atoms with Crippen molar-refractivity contribution in [1.82, 2.24) is 14.3 Å². The third-order valence-corrected chi connectivity index (χ3v) is 4.34. The Morgan fingerprint density at radius 3 is 2.64 bits per heavy atom. The third-order valence-electron chi connectivity index (χ3n) is 4.34. The first kappa shape index (κ1) is 19.7. The number of imidazole rings is 1. The van der Waals surface area contributed by atoms with E-state index < -0.39 is 29.6 Å². The zero-order valence-corrected chi connectivity index (χ0v) is 16.4. The van der Waals surface area contributed by atoms with E-state index >= 15 is 0 Å². The van der Waals surface area contributed by atoms with Crippen LogP contribution in [0, 0.1) is 0 Å². The molecule has 3 heterocycles. The molecule has 0 aromatic carbocycles. The molecule has 2 aromatic heterocycles. The number of ether oxygens (including phenoxy) is 2. The van der Waals surface area contributed by atoms with E-state index in [0.717, 1.165) is 0 Å². The number of rotatable bonds is 3. The minimum absolute atomic E-state index is 0.218.